The second-order valence-corrected chi connectivity index (χ2v) is 7.65. The van der Waals surface area contributed by atoms with Gasteiger partial charge in [0.2, 0.25) is 0 Å². The van der Waals surface area contributed by atoms with Crippen LogP contribution in [0.15, 0.2) is 0 Å². The van der Waals surface area contributed by atoms with Gasteiger partial charge in [0.05, 0.1) is 0 Å². The zero-order valence-corrected chi connectivity index (χ0v) is 14.5. The number of hydrogen-bond acceptors (Lipinski definition) is 2. The van der Waals surface area contributed by atoms with Gasteiger partial charge in [-0.2, -0.15) is 0 Å². The normalized spacial score (nSPS) is 21.9. The average molecular weight is 283 g/mol. The predicted molar refractivity (Wildman–Crippen MR) is 90.2 cm³/mol. The lowest BCUT2D eigenvalue weighted by molar-refractivity contribution is 0.207. The van der Waals surface area contributed by atoms with Crippen LogP contribution in [0.4, 0.5) is 0 Å². The van der Waals surface area contributed by atoms with Gasteiger partial charge in [0.1, 0.15) is 0 Å². The predicted octanol–water partition coefficient (Wildman–Crippen LogP) is 4.30. The van der Waals surface area contributed by atoms with Gasteiger partial charge in [-0.25, -0.2) is 0 Å². The first kappa shape index (κ1) is 18.0. The minimum Gasteiger partial charge on any atom is -0.317 e. The Balaban J connectivity index is 2.07. The Kier molecular flexibility index (Phi) is 8.79. The molecule has 0 aromatic carbocycles. The van der Waals surface area contributed by atoms with Crippen molar-refractivity contribution in [1.29, 1.82) is 0 Å². The number of rotatable bonds is 8. The van der Waals surface area contributed by atoms with E-state index in [4.69, 9.17) is 0 Å². The fourth-order valence-corrected chi connectivity index (χ4v) is 3.31. The maximum Gasteiger partial charge on any atom is -0.00159 e. The molecule has 1 saturated heterocycles. The lowest BCUT2D eigenvalue weighted by Gasteiger charge is -2.29. The molecule has 0 aromatic heterocycles. The molecule has 0 aromatic rings. The molecule has 1 heterocycles. The second-order valence-electron chi connectivity index (χ2n) is 7.65. The number of hydrogen-bond donors (Lipinski definition) is 1. The highest BCUT2D eigenvalue weighted by Crippen LogP contribution is 2.34. The van der Waals surface area contributed by atoms with Crippen molar-refractivity contribution in [3.8, 4) is 0 Å². The minimum atomic E-state index is 0.501. The van der Waals surface area contributed by atoms with Crippen molar-refractivity contribution in [2.75, 3.05) is 32.7 Å². The van der Waals surface area contributed by atoms with Crippen LogP contribution < -0.4 is 5.32 Å². The Morgan fingerprint density at radius 2 is 1.80 bits per heavy atom. The molecule has 0 bridgehead atoms. The van der Waals surface area contributed by atoms with Crippen LogP contribution in [0.3, 0.4) is 0 Å². The highest BCUT2D eigenvalue weighted by molar-refractivity contribution is 4.78. The van der Waals surface area contributed by atoms with Crippen LogP contribution in [-0.4, -0.2) is 37.6 Å². The number of nitrogens with one attached hydrogen (secondary N) is 1. The van der Waals surface area contributed by atoms with Gasteiger partial charge in [-0.05, 0) is 82.6 Å². The molecule has 1 N–H and O–H groups in total. The molecule has 0 spiro atoms. The zero-order chi connectivity index (χ0) is 14.8. The largest absolute Gasteiger partial charge is 0.317 e. The third-order valence-electron chi connectivity index (χ3n) is 4.80. The molecule has 20 heavy (non-hydrogen) atoms. The second kappa shape index (κ2) is 9.78. The van der Waals surface area contributed by atoms with Gasteiger partial charge in [0.15, 0.2) is 0 Å². The summed E-state index contributed by atoms with van der Waals surface area (Å²) >= 11 is 0. The van der Waals surface area contributed by atoms with Crippen molar-refractivity contribution in [3.63, 3.8) is 0 Å². The van der Waals surface area contributed by atoms with Gasteiger partial charge < -0.3 is 10.2 Å². The van der Waals surface area contributed by atoms with E-state index >= 15 is 0 Å². The molecule has 0 radical (unpaired) electrons. The van der Waals surface area contributed by atoms with E-state index in [2.05, 4.69) is 37.9 Å². The molecule has 0 amide bonds. The summed E-state index contributed by atoms with van der Waals surface area (Å²) in [5.41, 5.74) is 0.501. The maximum atomic E-state index is 3.49. The lowest BCUT2D eigenvalue weighted by atomic mass is 9.77. The Bertz CT molecular complexity index is 232. The average Bonchev–Trinajstić information content (AvgIpc) is 2.63. The highest BCUT2D eigenvalue weighted by Gasteiger charge is 2.26. The molecule has 0 aliphatic carbocycles. The summed E-state index contributed by atoms with van der Waals surface area (Å²) in [6.45, 7) is 15.8. The molecule has 1 fully saturated rings. The standard InChI is InChI=1S/C18H38N2/c1-5-12-19-13-7-6-8-14-20-15-9-10-17(11-16-20)18(2,3)4/h17,19H,5-16H2,1-4H3. The van der Waals surface area contributed by atoms with E-state index in [0.29, 0.717) is 5.41 Å². The van der Waals surface area contributed by atoms with Crippen LogP contribution in [0.1, 0.15) is 72.6 Å². The van der Waals surface area contributed by atoms with Crippen molar-refractivity contribution >= 4 is 0 Å². The van der Waals surface area contributed by atoms with Crippen LogP contribution in [-0.2, 0) is 0 Å². The van der Waals surface area contributed by atoms with Crippen LogP contribution in [0, 0.1) is 11.3 Å². The molecular weight excluding hydrogens is 244 g/mol. The molecule has 2 heteroatoms. The number of likely N-dealkylation sites (tertiary alicyclic amines) is 1. The van der Waals surface area contributed by atoms with Crippen molar-refractivity contribution < 1.29 is 0 Å². The Morgan fingerprint density at radius 3 is 2.50 bits per heavy atom. The maximum absolute atomic E-state index is 3.49. The highest BCUT2D eigenvalue weighted by atomic mass is 15.1. The van der Waals surface area contributed by atoms with Crippen LogP contribution in [0.5, 0.6) is 0 Å². The molecule has 1 rings (SSSR count). The Hall–Kier alpha value is -0.0800. The van der Waals surface area contributed by atoms with E-state index in [1.54, 1.807) is 0 Å². The SMILES string of the molecule is CCCNCCCCCN1CCCC(C(C)(C)C)CC1. The zero-order valence-electron chi connectivity index (χ0n) is 14.5. The topological polar surface area (TPSA) is 15.3 Å². The van der Waals surface area contributed by atoms with Crippen LogP contribution in [0.2, 0.25) is 0 Å². The molecule has 0 saturated carbocycles. The first-order valence-corrected chi connectivity index (χ1v) is 8.97. The molecule has 2 nitrogen and oxygen atoms in total. The quantitative estimate of drug-likeness (QED) is 0.668. The Labute approximate surface area is 127 Å². The smallest absolute Gasteiger partial charge is 0.00159 e. The summed E-state index contributed by atoms with van der Waals surface area (Å²) in [5.74, 6) is 0.922. The first-order valence-electron chi connectivity index (χ1n) is 8.97. The van der Waals surface area contributed by atoms with Gasteiger partial charge >= 0.3 is 0 Å². The van der Waals surface area contributed by atoms with E-state index in [9.17, 15) is 0 Å². The number of unbranched alkanes of at least 4 members (excludes halogenated alkanes) is 2. The van der Waals surface area contributed by atoms with E-state index < -0.39 is 0 Å². The third-order valence-corrected chi connectivity index (χ3v) is 4.80. The van der Waals surface area contributed by atoms with Crippen molar-refractivity contribution in [3.05, 3.63) is 0 Å². The summed E-state index contributed by atoms with van der Waals surface area (Å²) in [6, 6.07) is 0. The summed E-state index contributed by atoms with van der Waals surface area (Å²) in [6.07, 6.45) is 9.60. The molecular formula is C18H38N2. The summed E-state index contributed by atoms with van der Waals surface area (Å²) in [4.78, 5) is 2.71. The van der Waals surface area contributed by atoms with Gasteiger partial charge in [0.25, 0.3) is 0 Å². The third kappa shape index (κ3) is 7.64. The van der Waals surface area contributed by atoms with Crippen LogP contribution in [0.25, 0.3) is 0 Å². The van der Waals surface area contributed by atoms with Gasteiger partial charge in [-0.15, -0.1) is 0 Å². The molecule has 120 valence electrons. The van der Waals surface area contributed by atoms with Crippen molar-refractivity contribution in [2.24, 2.45) is 11.3 Å². The monoisotopic (exact) mass is 282 g/mol. The molecule has 1 unspecified atom stereocenters. The fraction of sp³-hybridized carbons (Fsp3) is 1.00. The molecule has 1 aliphatic heterocycles. The molecule has 1 atom stereocenters. The summed E-state index contributed by atoms with van der Waals surface area (Å²) < 4.78 is 0. The summed E-state index contributed by atoms with van der Waals surface area (Å²) in [7, 11) is 0. The van der Waals surface area contributed by atoms with Crippen LogP contribution >= 0.6 is 0 Å². The molecule has 1 aliphatic rings. The van der Waals surface area contributed by atoms with Crippen molar-refractivity contribution in [2.45, 2.75) is 72.6 Å². The Morgan fingerprint density at radius 1 is 1.00 bits per heavy atom. The van der Waals surface area contributed by atoms with E-state index in [1.807, 2.05) is 0 Å². The lowest BCUT2D eigenvalue weighted by Crippen LogP contribution is -2.27. The van der Waals surface area contributed by atoms with E-state index in [1.165, 1.54) is 77.7 Å². The summed E-state index contributed by atoms with van der Waals surface area (Å²) in [5, 5.41) is 3.49. The fourth-order valence-electron chi connectivity index (χ4n) is 3.31. The van der Waals surface area contributed by atoms with E-state index in [0.717, 1.165) is 5.92 Å². The van der Waals surface area contributed by atoms with E-state index in [-0.39, 0.29) is 0 Å². The van der Waals surface area contributed by atoms with Gasteiger partial charge in [-0.1, -0.05) is 34.1 Å². The number of nitrogens with zero attached hydrogens (tertiary/aromatic N) is 1. The van der Waals surface area contributed by atoms with Gasteiger partial charge in [-0.3, -0.25) is 0 Å². The minimum absolute atomic E-state index is 0.501. The van der Waals surface area contributed by atoms with Gasteiger partial charge in [0, 0.05) is 0 Å². The first-order chi connectivity index (χ1) is 9.54. The van der Waals surface area contributed by atoms with Crippen molar-refractivity contribution in [1.82, 2.24) is 10.2 Å².